The first kappa shape index (κ1) is 15.7. The lowest BCUT2D eigenvalue weighted by atomic mass is 10.3. The second kappa shape index (κ2) is 6.41. The number of nitrogens with one attached hydrogen (secondary N) is 1. The van der Waals surface area contributed by atoms with Gasteiger partial charge >= 0.3 is 6.18 Å². The first-order valence-electron chi connectivity index (χ1n) is 6.45. The molecule has 0 saturated carbocycles. The summed E-state index contributed by atoms with van der Waals surface area (Å²) in [6.07, 6.45) is -4.55. The second-order valence-corrected chi connectivity index (χ2v) is 4.63. The largest absolute Gasteiger partial charge is 0.433 e. The average molecular weight is 306 g/mol. The van der Waals surface area contributed by atoms with Crippen LogP contribution in [0.25, 0.3) is 0 Å². The first-order chi connectivity index (χ1) is 9.94. The maximum Gasteiger partial charge on any atom is 0.433 e. The smallest absolute Gasteiger partial charge is 0.395 e. The van der Waals surface area contributed by atoms with Crippen molar-refractivity contribution in [2.24, 2.45) is 5.84 Å². The lowest BCUT2D eigenvalue weighted by Gasteiger charge is -2.35. The Bertz CT molecular complexity index is 476. The molecule has 0 aromatic carbocycles. The molecule has 0 unspecified atom stereocenters. The monoisotopic (exact) mass is 306 g/mol. The Morgan fingerprint density at radius 3 is 2.43 bits per heavy atom. The van der Waals surface area contributed by atoms with Crippen molar-refractivity contribution in [1.29, 1.82) is 0 Å². The van der Waals surface area contributed by atoms with Crippen LogP contribution >= 0.6 is 0 Å². The van der Waals surface area contributed by atoms with E-state index in [9.17, 15) is 13.2 Å². The van der Waals surface area contributed by atoms with Crippen molar-refractivity contribution in [3.63, 3.8) is 0 Å². The number of alkyl halides is 3. The zero-order valence-corrected chi connectivity index (χ0v) is 11.3. The Balaban J connectivity index is 2.16. The van der Waals surface area contributed by atoms with E-state index in [2.05, 4.69) is 15.4 Å². The van der Waals surface area contributed by atoms with Crippen molar-refractivity contribution in [2.45, 2.75) is 6.18 Å². The Kier molecular flexibility index (Phi) is 4.80. The summed E-state index contributed by atoms with van der Waals surface area (Å²) >= 11 is 0. The normalized spacial score (nSPS) is 17.1. The molecule has 0 spiro atoms. The fourth-order valence-corrected chi connectivity index (χ4v) is 2.15. The molecule has 21 heavy (non-hydrogen) atoms. The van der Waals surface area contributed by atoms with Crippen LogP contribution in [0.5, 0.6) is 0 Å². The van der Waals surface area contributed by atoms with Gasteiger partial charge in [0.2, 0.25) is 5.95 Å². The van der Waals surface area contributed by atoms with Gasteiger partial charge in [-0.1, -0.05) is 0 Å². The highest BCUT2D eigenvalue weighted by Gasteiger charge is 2.34. The van der Waals surface area contributed by atoms with Crippen LogP contribution < -0.4 is 16.2 Å². The maximum atomic E-state index is 12.8. The van der Waals surface area contributed by atoms with Crippen molar-refractivity contribution in [1.82, 2.24) is 14.9 Å². The van der Waals surface area contributed by atoms with Gasteiger partial charge in [-0.15, -0.1) is 0 Å². The molecule has 7 nitrogen and oxygen atoms in total. The summed E-state index contributed by atoms with van der Waals surface area (Å²) in [4.78, 5) is 11.1. The summed E-state index contributed by atoms with van der Waals surface area (Å²) in [7, 11) is 0. The topological polar surface area (TPSA) is 90.5 Å². The molecule has 118 valence electrons. The van der Waals surface area contributed by atoms with Gasteiger partial charge in [-0.2, -0.15) is 18.2 Å². The number of aliphatic hydroxyl groups is 1. The molecule has 0 radical (unpaired) electrons. The number of nitrogen functional groups attached to an aromatic ring is 1. The highest BCUT2D eigenvalue weighted by molar-refractivity contribution is 5.45. The van der Waals surface area contributed by atoms with Crippen LogP contribution in [0.3, 0.4) is 0 Å². The third kappa shape index (κ3) is 3.93. The third-order valence-corrected chi connectivity index (χ3v) is 3.24. The number of hydrazine groups is 1. The number of piperazine rings is 1. The number of anilines is 2. The van der Waals surface area contributed by atoms with Crippen molar-refractivity contribution >= 4 is 11.8 Å². The van der Waals surface area contributed by atoms with E-state index in [-0.39, 0.29) is 18.4 Å². The van der Waals surface area contributed by atoms with E-state index in [0.717, 1.165) is 6.07 Å². The second-order valence-electron chi connectivity index (χ2n) is 4.63. The number of hydrogen-bond donors (Lipinski definition) is 3. The predicted octanol–water partition coefficient (Wildman–Crippen LogP) is -0.105. The van der Waals surface area contributed by atoms with E-state index >= 15 is 0 Å². The minimum atomic E-state index is -4.55. The van der Waals surface area contributed by atoms with Gasteiger partial charge in [-0.3, -0.25) is 10.3 Å². The molecular weight excluding hydrogens is 289 g/mol. The van der Waals surface area contributed by atoms with Gasteiger partial charge in [0.25, 0.3) is 0 Å². The van der Waals surface area contributed by atoms with Gasteiger partial charge in [0, 0.05) is 38.8 Å². The van der Waals surface area contributed by atoms with E-state index < -0.39 is 11.9 Å². The molecule has 0 amide bonds. The molecule has 4 N–H and O–H groups in total. The molecular formula is C11H17F3N6O. The van der Waals surface area contributed by atoms with Gasteiger partial charge in [-0.25, -0.2) is 10.8 Å². The summed E-state index contributed by atoms with van der Waals surface area (Å²) in [5.74, 6) is 5.05. The fourth-order valence-electron chi connectivity index (χ4n) is 2.15. The van der Waals surface area contributed by atoms with Gasteiger partial charge in [0.15, 0.2) is 5.69 Å². The standard InChI is InChI=1S/C11H17F3N6O/c12-11(13,14)8-7-9(17-10(16-8)18-15)20-3-1-19(2-4-20)5-6-21/h7,21H,1-6,15H2,(H,16,17,18). The van der Waals surface area contributed by atoms with Gasteiger partial charge in [0.05, 0.1) is 6.61 Å². The highest BCUT2D eigenvalue weighted by Crippen LogP contribution is 2.30. The van der Waals surface area contributed by atoms with E-state index in [4.69, 9.17) is 10.9 Å². The lowest BCUT2D eigenvalue weighted by molar-refractivity contribution is -0.141. The Morgan fingerprint density at radius 2 is 1.90 bits per heavy atom. The van der Waals surface area contributed by atoms with Crippen molar-refractivity contribution in [3.8, 4) is 0 Å². The Labute approximate surface area is 119 Å². The van der Waals surface area contributed by atoms with E-state index in [1.165, 1.54) is 0 Å². The van der Waals surface area contributed by atoms with Gasteiger partial charge < -0.3 is 10.0 Å². The summed E-state index contributed by atoms with van der Waals surface area (Å²) in [6, 6.07) is 0.919. The molecule has 0 bridgehead atoms. The summed E-state index contributed by atoms with van der Waals surface area (Å²) in [5.41, 5.74) is 1.03. The fraction of sp³-hybridized carbons (Fsp3) is 0.636. The molecule has 1 aliphatic heterocycles. The van der Waals surface area contributed by atoms with Crippen LogP contribution in [0, 0.1) is 0 Å². The number of halogens is 3. The minimum absolute atomic E-state index is 0.0625. The number of aliphatic hydroxyl groups excluding tert-OH is 1. The summed E-state index contributed by atoms with van der Waals surface area (Å²) in [6.45, 7) is 2.97. The molecule has 1 aliphatic rings. The highest BCUT2D eigenvalue weighted by atomic mass is 19.4. The van der Waals surface area contributed by atoms with Crippen molar-refractivity contribution in [2.75, 3.05) is 49.7 Å². The van der Waals surface area contributed by atoms with E-state index in [0.29, 0.717) is 32.7 Å². The molecule has 1 saturated heterocycles. The maximum absolute atomic E-state index is 12.8. The number of rotatable bonds is 4. The minimum Gasteiger partial charge on any atom is -0.395 e. The summed E-state index contributed by atoms with van der Waals surface area (Å²) in [5, 5.41) is 8.87. The number of aromatic nitrogens is 2. The SMILES string of the molecule is NNc1nc(N2CCN(CCO)CC2)cc(C(F)(F)F)n1. The van der Waals surface area contributed by atoms with Gasteiger partial charge in [0.1, 0.15) is 5.82 Å². The molecule has 0 atom stereocenters. The Hall–Kier alpha value is -1.65. The molecule has 10 heteroatoms. The van der Waals surface area contributed by atoms with Crippen LogP contribution in [-0.4, -0.2) is 59.3 Å². The number of nitrogens with zero attached hydrogens (tertiary/aromatic N) is 4. The van der Waals surface area contributed by atoms with Crippen LogP contribution in [0.2, 0.25) is 0 Å². The van der Waals surface area contributed by atoms with E-state index in [1.807, 2.05) is 4.90 Å². The molecule has 2 heterocycles. The quantitative estimate of drug-likeness (QED) is 0.528. The molecule has 1 aromatic rings. The lowest BCUT2D eigenvalue weighted by Crippen LogP contribution is -2.47. The van der Waals surface area contributed by atoms with E-state index in [1.54, 1.807) is 4.90 Å². The third-order valence-electron chi connectivity index (χ3n) is 3.24. The van der Waals surface area contributed by atoms with Crippen LogP contribution in [0.15, 0.2) is 6.07 Å². The first-order valence-corrected chi connectivity index (χ1v) is 6.45. The number of β-amino-alcohol motifs (C(OH)–C–C–N with tert-alkyl or cyclic N) is 1. The van der Waals surface area contributed by atoms with Crippen LogP contribution in [0.1, 0.15) is 5.69 Å². The predicted molar refractivity (Wildman–Crippen MR) is 70.6 cm³/mol. The van der Waals surface area contributed by atoms with Crippen molar-refractivity contribution < 1.29 is 18.3 Å². The zero-order valence-electron chi connectivity index (χ0n) is 11.3. The van der Waals surface area contributed by atoms with Crippen LogP contribution in [0.4, 0.5) is 24.9 Å². The van der Waals surface area contributed by atoms with Crippen LogP contribution in [-0.2, 0) is 6.18 Å². The molecule has 0 aliphatic carbocycles. The molecule has 2 rings (SSSR count). The number of nitrogens with two attached hydrogens (primary N) is 1. The molecule has 1 fully saturated rings. The number of hydrogen-bond acceptors (Lipinski definition) is 7. The molecule has 1 aromatic heterocycles. The van der Waals surface area contributed by atoms with Gasteiger partial charge in [-0.05, 0) is 0 Å². The summed E-state index contributed by atoms with van der Waals surface area (Å²) < 4.78 is 38.4. The van der Waals surface area contributed by atoms with Crippen molar-refractivity contribution in [3.05, 3.63) is 11.8 Å². The Morgan fingerprint density at radius 1 is 1.24 bits per heavy atom. The zero-order chi connectivity index (χ0) is 15.5. The average Bonchev–Trinajstić information content (AvgIpc) is 2.47.